The van der Waals surface area contributed by atoms with Crippen molar-refractivity contribution in [3.8, 4) is 0 Å². The van der Waals surface area contributed by atoms with Crippen molar-refractivity contribution in [3.05, 3.63) is 35.9 Å². The number of benzene rings is 1. The molecular formula is C14H20F3NO. The van der Waals surface area contributed by atoms with E-state index in [0.29, 0.717) is 0 Å². The number of nitrogens with one attached hydrogen (secondary N) is 1. The van der Waals surface area contributed by atoms with Crippen LogP contribution in [0.15, 0.2) is 30.3 Å². The van der Waals surface area contributed by atoms with Crippen molar-refractivity contribution in [2.75, 3.05) is 6.61 Å². The Morgan fingerprint density at radius 1 is 1.11 bits per heavy atom. The first-order valence-electron chi connectivity index (χ1n) is 6.15. The van der Waals surface area contributed by atoms with Crippen LogP contribution in [0, 0.1) is 5.41 Å². The van der Waals surface area contributed by atoms with Gasteiger partial charge in [0.15, 0.2) is 0 Å². The highest BCUT2D eigenvalue weighted by atomic mass is 19.4. The minimum absolute atomic E-state index is 0.151. The Morgan fingerprint density at radius 2 is 1.63 bits per heavy atom. The molecule has 0 saturated heterocycles. The van der Waals surface area contributed by atoms with Crippen LogP contribution in [0.1, 0.15) is 32.4 Å². The lowest BCUT2D eigenvalue weighted by Gasteiger charge is -2.34. The van der Waals surface area contributed by atoms with Crippen molar-refractivity contribution in [3.63, 3.8) is 0 Å². The molecule has 0 unspecified atom stereocenters. The van der Waals surface area contributed by atoms with Gasteiger partial charge in [-0.1, -0.05) is 51.1 Å². The number of aliphatic hydroxyl groups is 1. The first-order chi connectivity index (χ1) is 8.66. The molecule has 0 aromatic heterocycles. The smallest absolute Gasteiger partial charge is 0.395 e. The number of hydrogen-bond donors (Lipinski definition) is 2. The molecule has 0 spiro atoms. The predicted octanol–water partition coefficient (Wildman–Crippen LogP) is 3.29. The van der Waals surface area contributed by atoms with Gasteiger partial charge in [-0.25, -0.2) is 0 Å². The normalized spacial score (nSPS) is 16.2. The van der Waals surface area contributed by atoms with E-state index in [4.69, 9.17) is 0 Å². The van der Waals surface area contributed by atoms with Gasteiger partial charge in [0, 0.05) is 6.04 Å². The average molecular weight is 275 g/mol. The standard InChI is InChI=1S/C14H20F3NO/c1-13(2,3)11(9-19)18-12(14(15,16)17)10-7-5-4-6-8-10/h4-8,11-12,18-19H,9H2,1-3H3/t11-,12+/m1/s1. The number of halogens is 3. The van der Waals surface area contributed by atoms with Gasteiger partial charge in [-0.15, -0.1) is 0 Å². The molecular weight excluding hydrogens is 255 g/mol. The van der Waals surface area contributed by atoms with E-state index in [1.54, 1.807) is 39.0 Å². The molecule has 5 heteroatoms. The number of aliphatic hydroxyl groups excluding tert-OH is 1. The summed E-state index contributed by atoms with van der Waals surface area (Å²) < 4.78 is 39.4. The molecule has 0 fully saturated rings. The summed E-state index contributed by atoms with van der Waals surface area (Å²) in [6, 6.07) is 5.26. The Labute approximate surface area is 111 Å². The fourth-order valence-electron chi connectivity index (χ4n) is 1.80. The predicted molar refractivity (Wildman–Crippen MR) is 68.7 cm³/mol. The quantitative estimate of drug-likeness (QED) is 0.883. The Balaban J connectivity index is 3.01. The molecule has 0 heterocycles. The molecule has 0 aliphatic rings. The fourth-order valence-corrected chi connectivity index (χ4v) is 1.80. The zero-order valence-corrected chi connectivity index (χ0v) is 11.3. The maximum Gasteiger partial charge on any atom is 0.407 e. The summed E-state index contributed by atoms with van der Waals surface area (Å²) in [4.78, 5) is 0. The molecule has 0 amide bonds. The van der Waals surface area contributed by atoms with Gasteiger partial charge in [0.05, 0.1) is 6.61 Å². The zero-order chi connectivity index (χ0) is 14.7. The molecule has 0 aliphatic heterocycles. The van der Waals surface area contributed by atoms with Crippen molar-refractivity contribution in [1.82, 2.24) is 5.32 Å². The Morgan fingerprint density at radius 3 is 2.00 bits per heavy atom. The fraction of sp³-hybridized carbons (Fsp3) is 0.571. The second-order valence-electron chi connectivity index (χ2n) is 5.65. The Kier molecular flexibility index (Phi) is 4.98. The van der Waals surface area contributed by atoms with Gasteiger partial charge in [0.1, 0.15) is 6.04 Å². The highest BCUT2D eigenvalue weighted by Gasteiger charge is 2.43. The van der Waals surface area contributed by atoms with E-state index in [-0.39, 0.29) is 12.2 Å². The van der Waals surface area contributed by atoms with E-state index >= 15 is 0 Å². The SMILES string of the molecule is CC(C)(C)[C@@H](CO)N[C@@H](c1ccccc1)C(F)(F)F. The molecule has 0 bridgehead atoms. The maximum atomic E-state index is 13.1. The van der Waals surface area contributed by atoms with Gasteiger partial charge < -0.3 is 5.11 Å². The average Bonchev–Trinajstić information content (AvgIpc) is 2.27. The molecule has 0 radical (unpaired) electrons. The molecule has 0 aliphatic carbocycles. The minimum atomic E-state index is -4.40. The third-order valence-corrected chi connectivity index (χ3v) is 3.06. The molecule has 2 nitrogen and oxygen atoms in total. The summed E-state index contributed by atoms with van der Waals surface area (Å²) in [5.74, 6) is 0. The van der Waals surface area contributed by atoms with Gasteiger partial charge in [0.2, 0.25) is 0 Å². The van der Waals surface area contributed by atoms with Crippen LogP contribution in [0.4, 0.5) is 13.2 Å². The molecule has 1 aromatic carbocycles. The summed E-state index contributed by atoms with van der Waals surface area (Å²) in [6.45, 7) is 5.03. The molecule has 0 saturated carbocycles. The maximum absolute atomic E-state index is 13.1. The van der Waals surface area contributed by atoms with E-state index in [1.807, 2.05) is 0 Å². The van der Waals surface area contributed by atoms with Crippen LogP contribution < -0.4 is 5.32 Å². The van der Waals surface area contributed by atoms with Crippen LogP contribution >= 0.6 is 0 Å². The van der Waals surface area contributed by atoms with Crippen LogP contribution in [0.3, 0.4) is 0 Å². The van der Waals surface area contributed by atoms with Crippen molar-refractivity contribution in [2.24, 2.45) is 5.41 Å². The van der Waals surface area contributed by atoms with Crippen LogP contribution in [-0.4, -0.2) is 23.9 Å². The first kappa shape index (κ1) is 16.0. The van der Waals surface area contributed by atoms with Crippen LogP contribution in [0.25, 0.3) is 0 Å². The molecule has 2 N–H and O–H groups in total. The molecule has 1 rings (SSSR count). The highest BCUT2D eigenvalue weighted by Crippen LogP contribution is 2.34. The minimum Gasteiger partial charge on any atom is -0.395 e. The lowest BCUT2D eigenvalue weighted by molar-refractivity contribution is -0.162. The Bertz CT molecular complexity index is 384. The van der Waals surface area contributed by atoms with Crippen LogP contribution in [-0.2, 0) is 0 Å². The summed E-state index contributed by atoms with van der Waals surface area (Å²) in [7, 11) is 0. The highest BCUT2D eigenvalue weighted by molar-refractivity contribution is 5.20. The van der Waals surface area contributed by atoms with Gasteiger partial charge in [-0.05, 0) is 11.0 Å². The monoisotopic (exact) mass is 275 g/mol. The van der Waals surface area contributed by atoms with Crippen LogP contribution in [0.5, 0.6) is 0 Å². The molecule has 2 atom stereocenters. The topological polar surface area (TPSA) is 32.3 Å². The number of alkyl halides is 3. The third-order valence-electron chi connectivity index (χ3n) is 3.06. The Hall–Kier alpha value is -1.07. The largest absolute Gasteiger partial charge is 0.407 e. The molecule has 1 aromatic rings. The van der Waals surface area contributed by atoms with Gasteiger partial charge in [-0.3, -0.25) is 5.32 Å². The van der Waals surface area contributed by atoms with Gasteiger partial charge in [0.25, 0.3) is 0 Å². The summed E-state index contributed by atoms with van der Waals surface area (Å²) in [6.07, 6.45) is -4.40. The summed E-state index contributed by atoms with van der Waals surface area (Å²) in [5, 5.41) is 11.8. The van der Waals surface area contributed by atoms with E-state index < -0.39 is 23.7 Å². The second kappa shape index (κ2) is 5.92. The number of hydrogen-bond acceptors (Lipinski definition) is 2. The van der Waals surface area contributed by atoms with E-state index in [0.717, 1.165) is 0 Å². The summed E-state index contributed by atoms with van der Waals surface area (Å²) >= 11 is 0. The molecule has 108 valence electrons. The van der Waals surface area contributed by atoms with Crippen molar-refractivity contribution >= 4 is 0 Å². The first-order valence-corrected chi connectivity index (χ1v) is 6.15. The van der Waals surface area contributed by atoms with E-state index in [2.05, 4.69) is 5.32 Å². The van der Waals surface area contributed by atoms with Gasteiger partial charge in [-0.2, -0.15) is 13.2 Å². The van der Waals surface area contributed by atoms with Crippen molar-refractivity contribution < 1.29 is 18.3 Å². The summed E-state index contributed by atoms with van der Waals surface area (Å²) in [5.41, 5.74) is -0.315. The lowest BCUT2D eigenvalue weighted by atomic mass is 9.86. The van der Waals surface area contributed by atoms with E-state index in [1.165, 1.54) is 12.1 Å². The third kappa shape index (κ3) is 4.51. The molecule has 19 heavy (non-hydrogen) atoms. The van der Waals surface area contributed by atoms with Gasteiger partial charge >= 0.3 is 6.18 Å². The second-order valence-corrected chi connectivity index (χ2v) is 5.65. The van der Waals surface area contributed by atoms with Crippen molar-refractivity contribution in [1.29, 1.82) is 0 Å². The van der Waals surface area contributed by atoms with Crippen molar-refractivity contribution in [2.45, 2.75) is 39.0 Å². The van der Waals surface area contributed by atoms with Crippen LogP contribution in [0.2, 0.25) is 0 Å². The zero-order valence-electron chi connectivity index (χ0n) is 11.3. The number of rotatable bonds is 4. The lowest BCUT2D eigenvalue weighted by Crippen LogP contribution is -2.48. The van der Waals surface area contributed by atoms with E-state index in [9.17, 15) is 18.3 Å².